The number of carbonyl (C=O) groups is 1. The highest BCUT2D eigenvalue weighted by molar-refractivity contribution is 5.94. The largest absolute Gasteiger partial charge is 0.388 e. The molecule has 0 aliphatic heterocycles. The lowest BCUT2D eigenvalue weighted by atomic mass is 10.0. The van der Waals surface area contributed by atoms with Gasteiger partial charge in [0, 0.05) is 19.6 Å². The normalized spacial score (nSPS) is 12.9. The van der Waals surface area contributed by atoms with E-state index in [0.29, 0.717) is 0 Å². The van der Waals surface area contributed by atoms with Crippen LogP contribution >= 0.6 is 0 Å². The van der Waals surface area contributed by atoms with Crippen LogP contribution in [-0.2, 0) is 24.3 Å². The molecule has 0 amide bonds. The van der Waals surface area contributed by atoms with Gasteiger partial charge in [0.05, 0.1) is 0 Å². The van der Waals surface area contributed by atoms with Gasteiger partial charge in [-0.05, 0) is 52.3 Å². The molecule has 0 aromatic heterocycles. The molecule has 1 N–H and O–H groups in total. The quantitative estimate of drug-likeness (QED) is 0.450. The molecule has 0 heterocycles. The maximum atomic E-state index is 11.3. The van der Waals surface area contributed by atoms with Crippen LogP contribution in [0.2, 0.25) is 0 Å². The van der Waals surface area contributed by atoms with Crippen LogP contribution in [0.4, 0.5) is 0 Å². The Kier molecular flexibility index (Phi) is 7.44. The van der Waals surface area contributed by atoms with Crippen LogP contribution < -0.4 is 0 Å². The summed E-state index contributed by atoms with van der Waals surface area (Å²) in [5.41, 5.74) is 7.80. The third-order valence-corrected chi connectivity index (χ3v) is 5.88. The fourth-order valence-corrected chi connectivity index (χ4v) is 4.16. The molecular formula is C29H29NO2. The van der Waals surface area contributed by atoms with E-state index in [-0.39, 0.29) is 5.78 Å². The van der Waals surface area contributed by atoms with Crippen molar-refractivity contribution in [3.63, 3.8) is 0 Å². The van der Waals surface area contributed by atoms with Crippen molar-refractivity contribution < 1.29 is 9.90 Å². The summed E-state index contributed by atoms with van der Waals surface area (Å²) in [7, 11) is 0. The minimum Gasteiger partial charge on any atom is -0.388 e. The standard InChI is InChI=1S/C29H29NO2/c31-22-28(32)17-14-23-10-12-25(13-11-23)21-30(20-24-6-2-1-3-7-24)19-18-27-16-15-26-8-4-5-9-29(26)27/h1-14,16-17,31H,15,18-22H2/b17-14+. The zero-order chi connectivity index (χ0) is 22.2. The Labute approximate surface area is 190 Å². The lowest BCUT2D eigenvalue weighted by Gasteiger charge is -2.23. The second-order valence-corrected chi connectivity index (χ2v) is 8.24. The predicted molar refractivity (Wildman–Crippen MR) is 131 cm³/mol. The molecule has 4 rings (SSSR count). The number of aliphatic hydroxyl groups is 1. The highest BCUT2D eigenvalue weighted by Crippen LogP contribution is 2.30. The molecule has 0 saturated heterocycles. The van der Waals surface area contributed by atoms with Crippen molar-refractivity contribution in [2.24, 2.45) is 0 Å². The Morgan fingerprint density at radius 2 is 1.56 bits per heavy atom. The van der Waals surface area contributed by atoms with E-state index in [2.05, 4.69) is 77.7 Å². The molecule has 3 aromatic rings. The summed E-state index contributed by atoms with van der Waals surface area (Å²) in [6.45, 7) is 2.30. The SMILES string of the molecule is O=C(/C=C/c1ccc(CN(CCC2=CCc3ccccc32)Cc2ccccc2)cc1)CO. The summed E-state index contributed by atoms with van der Waals surface area (Å²) < 4.78 is 0. The minimum atomic E-state index is -0.454. The van der Waals surface area contributed by atoms with Gasteiger partial charge in [0.1, 0.15) is 6.61 Å². The monoisotopic (exact) mass is 423 g/mol. The molecule has 3 nitrogen and oxygen atoms in total. The molecule has 1 aliphatic carbocycles. The van der Waals surface area contributed by atoms with E-state index in [1.807, 2.05) is 12.1 Å². The molecule has 0 saturated carbocycles. The number of allylic oxidation sites excluding steroid dienone is 1. The number of nitrogens with zero attached hydrogens (tertiary/aromatic N) is 1. The van der Waals surface area contributed by atoms with Gasteiger partial charge in [-0.15, -0.1) is 0 Å². The van der Waals surface area contributed by atoms with Crippen LogP contribution in [0.1, 0.15) is 34.2 Å². The van der Waals surface area contributed by atoms with E-state index >= 15 is 0 Å². The predicted octanol–water partition coefficient (Wildman–Crippen LogP) is 5.29. The maximum Gasteiger partial charge on any atom is 0.181 e. The number of aliphatic hydroxyl groups excluding tert-OH is 1. The maximum absolute atomic E-state index is 11.3. The van der Waals surface area contributed by atoms with Gasteiger partial charge in [0.25, 0.3) is 0 Å². The summed E-state index contributed by atoms with van der Waals surface area (Å²) in [5.74, 6) is -0.286. The van der Waals surface area contributed by atoms with Crippen LogP contribution in [0.5, 0.6) is 0 Å². The van der Waals surface area contributed by atoms with E-state index in [1.54, 1.807) is 6.08 Å². The first-order valence-corrected chi connectivity index (χ1v) is 11.2. The van der Waals surface area contributed by atoms with Gasteiger partial charge in [-0.25, -0.2) is 0 Å². The topological polar surface area (TPSA) is 40.5 Å². The van der Waals surface area contributed by atoms with Gasteiger partial charge in [-0.2, -0.15) is 0 Å². The van der Waals surface area contributed by atoms with Crippen molar-refractivity contribution in [3.8, 4) is 0 Å². The van der Waals surface area contributed by atoms with Gasteiger partial charge in [-0.3, -0.25) is 9.69 Å². The van der Waals surface area contributed by atoms with E-state index in [9.17, 15) is 4.79 Å². The summed E-state index contributed by atoms with van der Waals surface area (Å²) >= 11 is 0. The third-order valence-electron chi connectivity index (χ3n) is 5.88. The Balaban J connectivity index is 1.44. The number of carbonyl (C=O) groups excluding carboxylic acids is 1. The molecule has 1 aliphatic rings. The van der Waals surface area contributed by atoms with Crippen molar-refractivity contribution in [1.29, 1.82) is 0 Å². The smallest absolute Gasteiger partial charge is 0.181 e. The van der Waals surface area contributed by atoms with Gasteiger partial charge in [0.15, 0.2) is 5.78 Å². The number of hydrogen-bond donors (Lipinski definition) is 1. The van der Waals surface area contributed by atoms with Gasteiger partial charge < -0.3 is 5.11 Å². The van der Waals surface area contributed by atoms with Gasteiger partial charge in [-0.1, -0.05) is 91.0 Å². The first-order chi connectivity index (χ1) is 15.7. The van der Waals surface area contributed by atoms with Gasteiger partial charge >= 0.3 is 0 Å². The van der Waals surface area contributed by atoms with E-state index < -0.39 is 6.61 Å². The lowest BCUT2D eigenvalue weighted by molar-refractivity contribution is -0.117. The summed E-state index contributed by atoms with van der Waals surface area (Å²) in [6, 6.07) is 27.6. The van der Waals surface area contributed by atoms with Crippen molar-refractivity contribution in [2.75, 3.05) is 13.2 Å². The molecule has 162 valence electrons. The number of benzene rings is 3. The molecule has 0 spiro atoms. The Morgan fingerprint density at radius 1 is 0.875 bits per heavy atom. The zero-order valence-electron chi connectivity index (χ0n) is 18.3. The second kappa shape index (κ2) is 10.9. The van der Waals surface area contributed by atoms with Crippen LogP contribution in [-0.4, -0.2) is 28.9 Å². The van der Waals surface area contributed by atoms with Crippen molar-refractivity contribution >= 4 is 17.4 Å². The fourth-order valence-electron chi connectivity index (χ4n) is 4.16. The summed E-state index contributed by atoms with van der Waals surface area (Å²) in [4.78, 5) is 13.8. The lowest BCUT2D eigenvalue weighted by Crippen LogP contribution is -2.24. The Hall–Kier alpha value is -3.27. The summed E-state index contributed by atoms with van der Waals surface area (Å²) in [5, 5.41) is 8.85. The van der Waals surface area contributed by atoms with Crippen molar-refractivity contribution in [1.82, 2.24) is 4.90 Å². The molecule has 3 heteroatoms. The molecule has 0 bridgehead atoms. The van der Waals surface area contributed by atoms with E-state index in [0.717, 1.165) is 38.0 Å². The van der Waals surface area contributed by atoms with E-state index in [4.69, 9.17) is 5.11 Å². The van der Waals surface area contributed by atoms with Gasteiger partial charge in [0.2, 0.25) is 0 Å². The molecule has 3 aromatic carbocycles. The highest BCUT2D eigenvalue weighted by atomic mass is 16.3. The van der Waals surface area contributed by atoms with Crippen LogP contribution in [0.15, 0.2) is 91.0 Å². The average Bonchev–Trinajstić information content (AvgIpc) is 3.25. The van der Waals surface area contributed by atoms with Crippen molar-refractivity contribution in [3.05, 3.63) is 119 Å². The number of rotatable bonds is 10. The van der Waals surface area contributed by atoms with Crippen LogP contribution in [0.25, 0.3) is 11.6 Å². The first kappa shape index (κ1) is 21.9. The van der Waals surface area contributed by atoms with Crippen LogP contribution in [0.3, 0.4) is 0 Å². The van der Waals surface area contributed by atoms with Crippen LogP contribution in [0, 0.1) is 0 Å². The number of fused-ring (bicyclic) bond motifs is 1. The summed E-state index contributed by atoms with van der Waals surface area (Å²) in [6.07, 6.45) is 7.62. The highest BCUT2D eigenvalue weighted by Gasteiger charge is 2.15. The zero-order valence-corrected chi connectivity index (χ0v) is 18.3. The number of hydrogen-bond acceptors (Lipinski definition) is 3. The molecule has 0 radical (unpaired) electrons. The van der Waals surface area contributed by atoms with E-state index in [1.165, 1.54) is 33.9 Å². The Morgan fingerprint density at radius 3 is 2.31 bits per heavy atom. The molecule has 0 atom stereocenters. The number of ketones is 1. The average molecular weight is 424 g/mol. The molecule has 0 fully saturated rings. The molecule has 32 heavy (non-hydrogen) atoms. The van der Waals surface area contributed by atoms with Crippen molar-refractivity contribution in [2.45, 2.75) is 25.9 Å². The molecular weight excluding hydrogens is 394 g/mol. The fraction of sp³-hybridized carbons (Fsp3) is 0.207. The second-order valence-electron chi connectivity index (χ2n) is 8.24. The third kappa shape index (κ3) is 5.91. The minimum absolute atomic E-state index is 0.286. The first-order valence-electron chi connectivity index (χ1n) is 11.2. The Bertz CT molecular complexity index is 1100. The molecule has 0 unspecified atom stereocenters.